The molecule has 17 heavy (non-hydrogen) atoms. The predicted octanol–water partition coefficient (Wildman–Crippen LogP) is 4.62. The minimum Gasteiger partial charge on any atom is -0.388 e. The van der Waals surface area contributed by atoms with E-state index in [1.54, 1.807) is 0 Å². The van der Waals surface area contributed by atoms with Crippen LogP contribution in [-0.2, 0) is 0 Å². The van der Waals surface area contributed by atoms with E-state index in [0.29, 0.717) is 5.92 Å². The summed E-state index contributed by atoms with van der Waals surface area (Å²) >= 11 is 3.54. The molecule has 94 valence electrons. The Kier molecular flexibility index (Phi) is 4.26. The molecule has 1 fully saturated rings. The van der Waals surface area contributed by atoms with E-state index in [9.17, 15) is 5.11 Å². The molecule has 0 heterocycles. The molecule has 1 aromatic carbocycles. The van der Waals surface area contributed by atoms with Crippen LogP contribution >= 0.6 is 15.9 Å². The summed E-state index contributed by atoms with van der Waals surface area (Å²) in [6.45, 7) is 4.38. The van der Waals surface area contributed by atoms with Gasteiger partial charge in [-0.1, -0.05) is 47.8 Å². The molecule has 0 aromatic heterocycles. The molecule has 2 rings (SSSR count). The largest absolute Gasteiger partial charge is 0.388 e. The van der Waals surface area contributed by atoms with Crippen LogP contribution in [0.1, 0.15) is 49.8 Å². The second kappa shape index (κ2) is 5.53. The SMILES string of the molecule is Cc1ccc(C(O)C2CCC(C)CC2)cc1Br. The van der Waals surface area contributed by atoms with Crippen molar-refractivity contribution in [1.82, 2.24) is 0 Å². The molecule has 2 heteroatoms. The molecular formula is C15H21BrO. The molecule has 1 nitrogen and oxygen atoms in total. The lowest BCUT2D eigenvalue weighted by Crippen LogP contribution is -2.19. The Bertz CT molecular complexity index is 381. The van der Waals surface area contributed by atoms with Crippen molar-refractivity contribution >= 4 is 15.9 Å². The summed E-state index contributed by atoms with van der Waals surface area (Å²) in [7, 11) is 0. The Morgan fingerprint density at radius 1 is 1.24 bits per heavy atom. The zero-order valence-electron chi connectivity index (χ0n) is 10.6. The van der Waals surface area contributed by atoms with Crippen LogP contribution in [0, 0.1) is 18.8 Å². The van der Waals surface area contributed by atoms with Crippen LogP contribution in [0.5, 0.6) is 0 Å². The molecule has 1 aliphatic rings. The van der Waals surface area contributed by atoms with Crippen LogP contribution in [0.25, 0.3) is 0 Å². The fourth-order valence-corrected chi connectivity index (χ4v) is 3.06. The quantitative estimate of drug-likeness (QED) is 0.844. The average molecular weight is 297 g/mol. The normalized spacial score (nSPS) is 26.8. The molecule has 1 aromatic rings. The van der Waals surface area contributed by atoms with Gasteiger partial charge in [0.25, 0.3) is 0 Å². The van der Waals surface area contributed by atoms with Crippen LogP contribution in [0.3, 0.4) is 0 Å². The first-order valence-corrected chi connectivity index (χ1v) is 7.31. The van der Waals surface area contributed by atoms with Gasteiger partial charge in [-0.25, -0.2) is 0 Å². The van der Waals surface area contributed by atoms with Crippen molar-refractivity contribution in [3.63, 3.8) is 0 Å². The lowest BCUT2D eigenvalue weighted by Gasteiger charge is -2.30. The molecule has 1 N–H and O–H groups in total. The number of hydrogen-bond donors (Lipinski definition) is 1. The molecule has 0 aliphatic heterocycles. The summed E-state index contributed by atoms with van der Waals surface area (Å²) in [6, 6.07) is 6.20. The zero-order valence-corrected chi connectivity index (χ0v) is 12.2. The Balaban J connectivity index is 2.08. The van der Waals surface area contributed by atoms with Crippen molar-refractivity contribution in [2.75, 3.05) is 0 Å². The highest BCUT2D eigenvalue weighted by molar-refractivity contribution is 9.10. The van der Waals surface area contributed by atoms with Gasteiger partial charge in [-0.2, -0.15) is 0 Å². The van der Waals surface area contributed by atoms with Crippen LogP contribution in [-0.4, -0.2) is 5.11 Å². The standard InChI is InChI=1S/C15H21BrO/c1-10-3-6-12(7-4-10)15(17)13-8-5-11(2)14(16)9-13/h5,8-10,12,15,17H,3-4,6-7H2,1-2H3. The summed E-state index contributed by atoms with van der Waals surface area (Å²) in [5, 5.41) is 10.4. The van der Waals surface area contributed by atoms with Gasteiger partial charge < -0.3 is 5.11 Å². The van der Waals surface area contributed by atoms with Crippen molar-refractivity contribution in [2.24, 2.45) is 11.8 Å². The molecule has 0 saturated heterocycles. The van der Waals surface area contributed by atoms with Gasteiger partial charge >= 0.3 is 0 Å². The minimum atomic E-state index is -0.292. The molecule has 1 unspecified atom stereocenters. The number of rotatable bonds is 2. The molecular weight excluding hydrogens is 276 g/mol. The third kappa shape index (κ3) is 3.11. The molecule has 1 atom stereocenters. The smallest absolute Gasteiger partial charge is 0.0818 e. The summed E-state index contributed by atoms with van der Waals surface area (Å²) < 4.78 is 1.10. The summed E-state index contributed by atoms with van der Waals surface area (Å²) in [4.78, 5) is 0. The van der Waals surface area contributed by atoms with E-state index in [4.69, 9.17) is 0 Å². The van der Waals surface area contributed by atoms with Gasteiger partial charge in [0, 0.05) is 4.47 Å². The number of aliphatic hydroxyl groups excluding tert-OH is 1. The van der Waals surface area contributed by atoms with E-state index in [2.05, 4.69) is 48.0 Å². The fraction of sp³-hybridized carbons (Fsp3) is 0.600. The number of aliphatic hydroxyl groups is 1. The summed E-state index contributed by atoms with van der Waals surface area (Å²) in [6.07, 6.45) is 4.55. The van der Waals surface area contributed by atoms with Gasteiger partial charge in [-0.15, -0.1) is 0 Å². The summed E-state index contributed by atoms with van der Waals surface area (Å²) in [5.41, 5.74) is 2.28. The minimum absolute atomic E-state index is 0.292. The maximum absolute atomic E-state index is 10.4. The third-order valence-corrected chi connectivity index (χ3v) is 4.90. The van der Waals surface area contributed by atoms with Crippen LogP contribution in [0.15, 0.2) is 22.7 Å². The average Bonchev–Trinajstić information content (AvgIpc) is 2.33. The maximum atomic E-state index is 10.4. The lowest BCUT2D eigenvalue weighted by atomic mass is 9.78. The molecule has 0 spiro atoms. The van der Waals surface area contributed by atoms with E-state index in [1.807, 2.05) is 0 Å². The number of halogens is 1. The van der Waals surface area contributed by atoms with E-state index >= 15 is 0 Å². The zero-order chi connectivity index (χ0) is 12.4. The predicted molar refractivity (Wildman–Crippen MR) is 75.0 cm³/mol. The van der Waals surface area contributed by atoms with Crippen LogP contribution < -0.4 is 0 Å². The highest BCUT2D eigenvalue weighted by Crippen LogP contribution is 2.37. The van der Waals surface area contributed by atoms with Gasteiger partial charge in [-0.05, 0) is 48.8 Å². The molecule has 0 amide bonds. The highest BCUT2D eigenvalue weighted by Gasteiger charge is 2.25. The van der Waals surface area contributed by atoms with E-state index in [1.165, 1.54) is 18.4 Å². The maximum Gasteiger partial charge on any atom is 0.0818 e. The van der Waals surface area contributed by atoms with Crippen molar-refractivity contribution < 1.29 is 5.11 Å². The second-order valence-electron chi connectivity index (χ2n) is 5.47. The van der Waals surface area contributed by atoms with Crippen molar-refractivity contribution in [3.05, 3.63) is 33.8 Å². The monoisotopic (exact) mass is 296 g/mol. The third-order valence-electron chi connectivity index (χ3n) is 4.04. The Morgan fingerprint density at radius 3 is 2.47 bits per heavy atom. The first-order chi connectivity index (χ1) is 8.08. The van der Waals surface area contributed by atoms with Gasteiger partial charge in [0.05, 0.1) is 6.10 Å². The van der Waals surface area contributed by atoms with Crippen molar-refractivity contribution in [2.45, 2.75) is 45.6 Å². The van der Waals surface area contributed by atoms with E-state index < -0.39 is 0 Å². The number of hydrogen-bond acceptors (Lipinski definition) is 1. The first kappa shape index (κ1) is 13.1. The van der Waals surface area contributed by atoms with Gasteiger partial charge in [0.15, 0.2) is 0 Å². The highest BCUT2D eigenvalue weighted by atomic mass is 79.9. The van der Waals surface area contributed by atoms with E-state index in [-0.39, 0.29) is 6.10 Å². The topological polar surface area (TPSA) is 20.2 Å². The number of benzene rings is 1. The number of aryl methyl sites for hydroxylation is 1. The van der Waals surface area contributed by atoms with Gasteiger partial charge in [-0.3, -0.25) is 0 Å². The van der Waals surface area contributed by atoms with Gasteiger partial charge in [0.2, 0.25) is 0 Å². The fourth-order valence-electron chi connectivity index (χ4n) is 2.67. The molecule has 0 radical (unpaired) electrons. The second-order valence-corrected chi connectivity index (χ2v) is 6.33. The lowest BCUT2D eigenvalue weighted by molar-refractivity contribution is 0.0755. The Morgan fingerprint density at radius 2 is 1.88 bits per heavy atom. The molecule has 1 aliphatic carbocycles. The molecule has 0 bridgehead atoms. The van der Waals surface area contributed by atoms with E-state index in [0.717, 1.165) is 28.8 Å². The first-order valence-electron chi connectivity index (χ1n) is 6.52. The Labute approximate surface area is 112 Å². The molecule has 1 saturated carbocycles. The summed E-state index contributed by atoms with van der Waals surface area (Å²) in [5.74, 6) is 1.28. The van der Waals surface area contributed by atoms with Gasteiger partial charge in [0.1, 0.15) is 0 Å². The Hall–Kier alpha value is -0.340. The van der Waals surface area contributed by atoms with Crippen LogP contribution in [0.4, 0.5) is 0 Å². The van der Waals surface area contributed by atoms with Crippen molar-refractivity contribution in [1.29, 1.82) is 0 Å². The van der Waals surface area contributed by atoms with Crippen molar-refractivity contribution in [3.8, 4) is 0 Å². The van der Waals surface area contributed by atoms with Crippen LogP contribution in [0.2, 0.25) is 0 Å².